The van der Waals surface area contributed by atoms with Gasteiger partial charge in [-0.3, -0.25) is 0 Å². The Kier molecular flexibility index (Phi) is 2.98. The zero-order valence-corrected chi connectivity index (χ0v) is 9.02. The largest absolute Gasteiger partial charge is 0.419 e. The van der Waals surface area contributed by atoms with E-state index in [9.17, 15) is 13.2 Å². The highest BCUT2D eigenvalue weighted by Gasteiger charge is 2.34. The number of rotatable bonds is 1. The van der Waals surface area contributed by atoms with Gasteiger partial charge in [-0.05, 0) is 22.0 Å². The van der Waals surface area contributed by atoms with Gasteiger partial charge in [0, 0.05) is 14.1 Å². The van der Waals surface area contributed by atoms with Crippen LogP contribution in [0.4, 0.5) is 19.0 Å². The highest BCUT2D eigenvalue weighted by atomic mass is 79.9. The first-order chi connectivity index (χ1) is 6.32. The van der Waals surface area contributed by atoms with Gasteiger partial charge in [0.15, 0.2) is 5.82 Å². The molecule has 78 valence electrons. The molecule has 14 heavy (non-hydrogen) atoms. The predicted octanol–water partition coefficient (Wildman–Crippen LogP) is 2.32. The van der Waals surface area contributed by atoms with Crippen molar-refractivity contribution in [1.82, 2.24) is 10.2 Å². The fraction of sp³-hybridized carbons (Fsp3) is 0.429. The average Bonchev–Trinajstić information content (AvgIpc) is 2.02. The summed E-state index contributed by atoms with van der Waals surface area (Å²) < 4.78 is 36.8. The van der Waals surface area contributed by atoms with E-state index >= 15 is 0 Å². The van der Waals surface area contributed by atoms with E-state index in [2.05, 4.69) is 26.1 Å². The van der Waals surface area contributed by atoms with Gasteiger partial charge in [0.2, 0.25) is 0 Å². The average molecular weight is 270 g/mol. The molecule has 0 atom stereocenters. The highest BCUT2D eigenvalue weighted by Crippen LogP contribution is 2.34. The number of halogens is 4. The summed E-state index contributed by atoms with van der Waals surface area (Å²) in [6, 6.07) is 0.942. The van der Waals surface area contributed by atoms with Crippen molar-refractivity contribution in [2.75, 3.05) is 19.0 Å². The first-order valence-electron chi connectivity index (χ1n) is 3.60. The van der Waals surface area contributed by atoms with Crippen LogP contribution in [0.2, 0.25) is 0 Å². The molecule has 0 aliphatic rings. The van der Waals surface area contributed by atoms with Crippen LogP contribution in [0.15, 0.2) is 10.7 Å². The summed E-state index contributed by atoms with van der Waals surface area (Å²) >= 11 is 2.70. The number of alkyl halides is 3. The SMILES string of the molecule is CN(C)c1cc(C(F)(F)F)c(Br)nn1. The van der Waals surface area contributed by atoms with Gasteiger partial charge in [-0.2, -0.15) is 13.2 Å². The van der Waals surface area contributed by atoms with Crippen molar-refractivity contribution < 1.29 is 13.2 Å². The summed E-state index contributed by atoms with van der Waals surface area (Å²) in [5, 5.41) is 6.95. The molecule has 1 aromatic heterocycles. The first kappa shape index (κ1) is 11.2. The monoisotopic (exact) mass is 269 g/mol. The number of aromatic nitrogens is 2. The molecule has 0 radical (unpaired) electrons. The molecule has 1 aromatic rings. The van der Waals surface area contributed by atoms with Crippen LogP contribution in [0.1, 0.15) is 5.56 Å². The zero-order valence-electron chi connectivity index (χ0n) is 7.43. The molecule has 0 aromatic carbocycles. The summed E-state index contributed by atoms with van der Waals surface area (Å²) in [7, 11) is 3.19. The second-order valence-corrected chi connectivity index (χ2v) is 3.55. The fourth-order valence-corrected chi connectivity index (χ4v) is 1.20. The van der Waals surface area contributed by atoms with E-state index in [0.29, 0.717) is 0 Å². The van der Waals surface area contributed by atoms with Gasteiger partial charge in [0.1, 0.15) is 4.60 Å². The van der Waals surface area contributed by atoms with Crippen molar-refractivity contribution in [1.29, 1.82) is 0 Å². The minimum Gasteiger partial charge on any atom is -0.361 e. The van der Waals surface area contributed by atoms with Crippen LogP contribution in [0.3, 0.4) is 0 Å². The normalized spacial score (nSPS) is 11.6. The fourth-order valence-electron chi connectivity index (χ4n) is 0.784. The Morgan fingerprint density at radius 2 is 1.86 bits per heavy atom. The molecule has 7 heteroatoms. The van der Waals surface area contributed by atoms with Crippen molar-refractivity contribution in [2.45, 2.75) is 6.18 Å². The van der Waals surface area contributed by atoms with Crippen molar-refractivity contribution in [3.05, 3.63) is 16.2 Å². The van der Waals surface area contributed by atoms with E-state index in [-0.39, 0.29) is 10.4 Å². The van der Waals surface area contributed by atoms with Gasteiger partial charge in [-0.15, -0.1) is 10.2 Å². The maximum absolute atomic E-state index is 12.4. The lowest BCUT2D eigenvalue weighted by atomic mass is 10.3. The summed E-state index contributed by atoms with van der Waals surface area (Å²) in [5.41, 5.74) is -0.823. The van der Waals surface area contributed by atoms with Crippen LogP contribution < -0.4 is 4.90 Å². The molecule has 0 bridgehead atoms. The van der Waals surface area contributed by atoms with Crippen LogP contribution in [-0.2, 0) is 6.18 Å². The molecule has 0 amide bonds. The smallest absolute Gasteiger partial charge is 0.361 e. The van der Waals surface area contributed by atoms with E-state index in [1.54, 1.807) is 14.1 Å². The molecule has 1 heterocycles. The van der Waals surface area contributed by atoms with E-state index in [4.69, 9.17) is 0 Å². The molecule has 0 saturated heterocycles. The molecule has 1 rings (SSSR count). The van der Waals surface area contributed by atoms with Gasteiger partial charge in [-0.1, -0.05) is 0 Å². The van der Waals surface area contributed by atoms with Gasteiger partial charge in [0.25, 0.3) is 0 Å². The van der Waals surface area contributed by atoms with Crippen molar-refractivity contribution in [3.8, 4) is 0 Å². The molecular weight excluding hydrogens is 263 g/mol. The molecule has 0 saturated carbocycles. The quantitative estimate of drug-likeness (QED) is 0.784. The molecular formula is C7H7BrF3N3. The molecule has 0 spiro atoms. The van der Waals surface area contributed by atoms with Crippen LogP contribution >= 0.6 is 15.9 Å². The number of nitrogens with zero attached hydrogens (tertiary/aromatic N) is 3. The maximum Gasteiger partial charge on any atom is 0.419 e. The minimum absolute atomic E-state index is 0.167. The van der Waals surface area contributed by atoms with E-state index < -0.39 is 11.7 Å². The van der Waals surface area contributed by atoms with Crippen molar-refractivity contribution >= 4 is 21.7 Å². The third kappa shape index (κ3) is 2.34. The molecule has 0 N–H and O–H groups in total. The Bertz CT molecular complexity index is 337. The van der Waals surface area contributed by atoms with E-state index in [0.717, 1.165) is 6.07 Å². The van der Waals surface area contributed by atoms with Crippen LogP contribution in [0, 0.1) is 0 Å². The van der Waals surface area contributed by atoms with Crippen molar-refractivity contribution in [2.24, 2.45) is 0 Å². The summed E-state index contributed by atoms with van der Waals surface area (Å²) in [5.74, 6) is 0.167. The molecule has 0 unspecified atom stereocenters. The number of hydrogen-bond acceptors (Lipinski definition) is 3. The molecule has 0 aliphatic heterocycles. The Labute approximate surface area is 87.1 Å². The van der Waals surface area contributed by atoms with Gasteiger partial charge < -0.3 is 4.90 Å². The highest BCUT2D eigenvalue weighted by molar-refractivity contribution is 9.10. The van der Waals surface area contributed by atoms with Gasteiger partial charge in [0.05, 0.1) is 5.56 Å². The Morgan fingerprint density at radius 1 is 1.29 bits per heavy atom. The van der Waals surface area contributed by atoms with Crippen LogP contribution in [-0.4, -0.2) is 24.3 Å². The third-order valence-corrected chi connectivity index (χ3v) is 2.09. The Balaban J connectivity index is 3.22. The lowest BCUT2D eigenvalue weighted by molar-refractivity contribution is -0.138. The summed E-state index contributed by atoms with van der Waals surface area (Å²) in [6.07, 6.45) is -4.42. The topological polar surface area (TPSA) is 29.0 Å². The van der Waals surface area contributed by atoms with Gasteiger partial charge in [-0.25, -0.2) is 0 Å². The maximum atomic E-state index is 12.4. The van der Waals surface area contributed by atoms with Gasteiger partial charge >= 0.3 is 6.18 Å². The molecule has 0 fully saturated rings. The predicted molar refractivity (Wildman–Crippen MR) is 49.1 cm³/mol. The molecule has 0 aliphatic carbocycles. The third-order valence-electron chi connectivity index (χ3n) is 1.50. The Hall–Kier alpha value is -0.850. The number of hydrogen-bond donors (Lipinski definition) is 0. The van der Waals surface area contributed by atoms with Crippen LogP contribution in [0.25, 0.3) is 0 Å². The van der Waals surface area contributed by atoms with E-state index in [1.807, 2.05) is 0 Å². The zero-order chi connectivity index (χ0) is 10.9. The lowest BCUT2D eigenvalue weighted by Crippen LogP contribution is -2.15. The molecule has 3 nitrogen and oxygen atoms in total. The first-order valence-corrected chi connectivity index (χ1v) is 4.39. The summed E-state index contributed by atoms with van der Waals surface area (Å²) in [4.78, 5) is 1.45. The standard InChI is InChI=1S/C7H7BrF3N3/c1-14(2)5-3-4(7(9,10)11)6(8)13-12-5/h3H,1-2H3. The lowest BCUT2D eigenvalue weighted by Gasteiger charge is -2.13. The second-order valence-electron chi connectivity index (χ2n) is 2.80. The minimum atomic E-state index is -4.42. The summed E-state index contributed by atoms with van der Waals surface area (Å²) in [6.45, 7) is 0. The Morgan fingerprint density at radius 3 is 2.29 bits per heavy atom. The van der Waals surface area contributed by atoms with Crippen molar-refractivity contribution in [3.63, 3.8) is 0 Å². The number of anilines is 1. The van der Waals surface area contributed by atoms with Crippen LogP contribution in [0.5, 0.6) is 0 Å². The second kappa shape index (κ2) is 3.72. The van der Waals surface area contributed by atoms with E-state index in [1.165, 1.54) is 4.90 Å².